The Bertz CT molecular complexity index is 501. The van der Waals surface area contributed by atoms with Crippen molar-refractivity contribution in [3.63, 3.8) is 0 Å². The van der Waals surface area contributed by atoms with E-state index in [0.29, 0.717) is 0 Å². The monoisotopic (exact) mass is 305 g/mol. The van der Waals surface area contributed by atoms with Gasteiger partial charge in [0.15, 0.2) is 18.6 Å². The maximum Gasteiger partial charge on any atom is 0.218 e. The van der Waals surface area contributed by atoms with Gasteiger partial charge in [-0.2, -0.15) is 0 Å². The second-order valence-electron chi connectivity index (χ2n) is 4.67. The summed E-state index contributed by atoms with van der Waals surface area (Å²) >= 11 is 5.93. The average Bonchev–Trinajstić information content (AvgIpc) is 2.93. The SMILES string of the molecule is NC1=NC2C(N=CN2C2OC(CO)C(O)C2F)C(Cl)=N1. The number of rotatable bonds is 2. The molecule has 6 unspecified atom stereocenters. The zero-order valence-corrected chi connectivity index (χ0v) is 10.9. The summed E-state index contributed by atoms with van der Waals surface area (Å²) in [7, 11) is 0. The van der Waals surface area contributed by atoms with Crippen molar-refractivity contribution in [1.82, 2.24) is 4.90 Å². The minimum absolute atomic E-state index is 0.0283. The highest BCUT2D eigenvalue weighted by atomic mass is 35.5. The van der Waals surface area contributed by atoms with Crippen molar-refractivity contribution < 1.29 is 19.3 Å². The molecule has 10 heteroatoms. The fourth-order valence-corrected chi connectivity index (χ4v) is 2.68. The smallest absolute Gasteiger partial charge is 0.218 e. The van der Waals surface area contributed by atoms with E-state index in [1.54, 1.807) is 0 Å². The van der Waals surface area contributed by atoms with Crippen LogP contribution < -0.4 is 5.73 Å². The van der Waals surface area contributed by atoms with Crippen LogP contribution in [0.2, 0.25) is 0 Å². The number of aliphatic imine (C=N–C) groups is 3. The lowest BCUT2D eigenvalue weighted by molar-refractivity contribution is -0.0691. The van der Waals surface area contributed by atoms with E-state index in [-0.39, 0.29) is 11.1 Å². The van der Waals surface area contributed by atoms with Gasteiger partial charge >= 0.3 is 0 Å². The first-order chi connectivity index (χ1) is 9.52. The molecule has 0 spiro atoms. The maximum atomic E-state index is 14.1. The second-order valence-corrected chi connectivity index (χ2v) is 5.06. The quantitative estimate of drug-likeness (QED) is 0.568. The van der Waals surface area contributed by atoms with Crippen LogP contribution in [-0.2, 0) is 4.74 Å². The van der Waals surface area contributed by atoms with Crippen LogP contribution in [0.3, 0.4) is 0 Å². The van der Waals surface area contributed by atoms with Gasteiger partial charge in [0, 0.05) is 0 Å². The largest absolute Gasteiger partial charge is 0.394 e. The molecule has 1 saturated heterocycles. The first kappa shape index (κ1) is 13.7. The van der Waals surface area contributed by atoms with Gasteiger partial charge in [0.05, 0.1) is 12.9 Å². The minimum atomic E-state index is -1.70. The van der Waals surface area contributed by atoms with E-state index < -0.39 is 43.4 Å². The third-order valence-corrected chi connectivity index (χ3v) is 3.75. The van der Waals surface area contributed by atoms with Crippen LogP contribution in [-0.4, -0.2) is 76.0 Å². The second kappa shape index (κ2) is 4.92. The summed E-state index contributed by atoms with van der Waals surface area (Å²) in [4.78, 5) is 13.3. The van der Waals surface area contributed by atoms with Crippen LogP contribution in [0.25, 0.3) is 0 Å². The highest BCUT2D eigenvalue weighted by molar-refractivity contribution is 6.67. The van der Waals surface area contributed by atoms with Crippen LogP contribution in [0.1, 0.15) is 0 Å². The molecule has 4 N–H and O–H groups in total. The van der Waals surface area contributed by atoms with Gasteiger partial charge in [0.1, 0.15) is 23.4 Å². The van der Waals surface area contributed by atoms with Crippen molar-refractivity contribution in [2.45, 2.75) is 36.8 Å². The Labute approximate surface area is 118 Å². The number of aliphatic hydroxyl groups is 2. The molecule has 1 fully saturated rings. The summed E-state index contributed by atoms with van der Waals surface area (Å²) < 4.78 is 19.4. The molecule has 0 aliphatic carbocycles. The number of nitrogens with zero attached hydrogens (tertiary/aromatic N) is 4. The van der Waals surface area contributed by atoms with Gasteiger partial charge in [-0.15, -0.1) is 0 Å². The number of hydrogen-bond acceptors (Lipinski definition) is 8. The fourth-order valence-electron chi connectivity index (χ4n) is 2.43. The predicted molar refractivity (Wildman–Crippen MR) is 69.5 cm³/mol. The van der Waals surface area contributed by atoms with Gasteiger partial charge in [-0.1, -0.05) is 11.6 Å². The van der Waals surface area contributed by atoms with E-state index in [0.717, 1.165) is 0 Å². The number of halogens is 2. The number of aliphatic hydroxyl groups excluding tert-OH is 2. The summed E-state index contributed by atoms with van der Waals surface area (Å²) in [6.45, 7) is -0.481. The first-order valence-corrected chi connectivity index (χ1v) is 6.37. The van der Waals surface area contributed by atoms with Crippen molar-refractivity contribution in [3.8, 4) is 0 Å². The van der Waals surface area contributed by atoms with Crippen LogP contribution in [0.15, 0.2) is 15.0 Å². The third-order valence-electron chi connectivity index (χ3n) is 3.45. The van der Waals surface area contributed by atoms with Crippen LogP contribution in [0.4, 0.5) is 4.39 Å². The molecule has 0 aromatic carbocycles. The zero-order valence-electron chi connectivity index (χ0n) is 10.2. The molecule has 0 saturated carbocycles. The first-order valence-electron chi connectivity index (χ1n) is 5.99. The van der Waals surface area contributed by atoms with E-state index in [1.807, 2.05) is 0 Å². The van der Waals surface area contributed by atoms with Crippen molar-refractivity contribution in [2.75, 3.05) is 6.61 Å². The molecule has 6 atom stereocenters. The molecule has 0 bridgehead atoms. The number of alkyl halides is 1. The molecule has 0 aromatic rings. The van der Waals surface area contributed by atoms with Crippen LogP contribution >= 0.6 is 11.6 Å². The number of guanidine groups is 1. The topological polar surface area (TPSA) is 116 Å². The number of nitrogens with two attached hydrogens (primary N) is 1. The third kappa shape index (κ3) is 1.97. The average molecular weight is 306 g/mol. The molecule has 3 aliphatic heterocycles. The molecule has 20 heavy (non-hydrogen) atoms. The minimum Gasteiger partial charge on any atom is -0.394 e. The number of fused-ring (bicyclic) bond motifs is 1. The van der Waals surface area contributed by atoms with E-state index in [1.165, 1.54) is 11.2 Å². The molecule has 3 heterocycles. The fraction of sp³-hybridized carbons (Fsp3) is 0.700. The van der Waals surface area contributed by atoms with Crippen molar-refractivity contribution in [1.29, 1.82) is 0 Å². The Morgan fingerprint density at radius 2 is 2.30 bits per heavy atom. The Morgan fingerprint density at radius 3 is 2.95 bits per heavy atom. The summed E-state index contributed by atoms with van der Waals surface area (Å²) in [5, 5.41) is 18.8. The van der Waals surface area contributed by atoms with E-state index in [2.05, 4.69) is 15.0 Å². The standard InChI is InChI=1S/C10H13ClFN5O3/c11-7-5-8(16-10(13)15-7)17(2-14-5)9-4(12)6(19)3(1-18)20-9/h2-6,8-9,18-19H,1H2,(H2,13,16). The Hall–Kier alpha value is -1.29. The highest BCUT2D eigenvalue weighted by Gasteiger charge is 2.51. The molecular weight excluding hydrogens is 293 g/mol. The normalized spacial score (nSPS) is 43.5. The lowest BCUT2D eigenvalue weighted by Gasteiger charge is -2.31. The van der Waals surface area contributed by atoms with Gasteiger partial charge in [-0.25, -0.2) is 14.4 Å². The van der Waals surface area contributed by atoms with E-state index in [4.69, 9.17) is 27.2 Å². The summed E-state index contributed by atoms with van der Waals surface area (Å²) in [6, 6.07) is -0.565. The lowest BCUT2D eigenvalue weighted by atomic mass is 10.1. The summed E-state index contributed by atoms with van der Waals surface area (Å²) in [5.41, 5.74) is 5.53. The molecule has 8 nitrogen and oxygen atoms in total. The number of hydrogen-bond donors (Lipinski definition) is 3. The molecule has 110 valence electrons. The van der Waals surface area contributed by atoms with E-state index >= 15 is 0 Å². The van der Waals surface area contributed by atoms with Crippen molar-refractivity contribution in [2.24, 2.45) is 20.7 Å². The van der Waals surface area contributed by atoms with Gasteiger partial charge in [0.25, 0.3) is 0 Å². The Kier molecular flexibility index (Phi) is 3.36. The Morgan fingerprint density at radius 1 is 1.55 bits per heavy atom. The molecular formula is C10H13ClFN5O3. The van der Waals surface area contributed by atoms with Crippen LogP contribution in [0, 0.1) is 0 Å². The molecule has 0 amide bonds. The molecule has 0 radical (unpaired) electrons. The van der Waals surface area contributed by atoms with E-state index in [9.17, 15) is 9.50 Å². The highest BCUT2D eigenvalue weighted by Crippen LogP contribution is 2.32. The van der Waals surface area contributed by atoms with Crippen molar-refractivity contribution in [3.05, 3.63) is 0 Å². The zero-order chi connectivity index (χ0) is 14.4. The van der Waals surface area contributed by atoms with Crippen LogP contribution in [0.5, 0.6) is 0 Å². The van der Waals surface area contributed by atoms with Gasteiger partial charge in [-0.05, 0) is 0 Å². The molecule has 0 aromatic heterocycles. The Balaban J connectivity index is 1.83. The predicted octanol–water partition coefficient (Wildman–Crippen LogP) is -1.59. The van der Waals surface area contributed by atoms with Crippen molar-refractivity contribution >= 4 is 29.1 Å². The van der Waals surface area contributed by atoms with Gasteiger partial charge in [-0.3, -0.25) is 4.99 Å². The van der Waals surface area contributed by atoms with Gasteiger partial charge in [0.2, 0.25) is 5.96 Å². The maximum absolute atomic E-state index is 14.1. The molecule has 3 rings (SSSR count). The molecule has 3 aliphatic rings. The summed E-state index contributed by atoms with van der Waals surface area (Å²) in [5.74, 6) is -0.0283. The summed E-state index contributed by atoms with van der Waals surface area (Å²) in [6.07, 6.45) is -4.53. The van der Waals surface area contributed by atoms with Gasteiger partial charge < -0.3 is 25.6 Å². The number of ether oxygens (including phenoxy) is 1. The lowest BCUT2D eigenvalue weighted by Crippen LogP contribution is -2.49.